The summed E-state index contributed by atoms with van der Waals surface area (Å²) in [6.07, 6.45) is 3.32. The van der Waals surface area contributed by atoms with Crippen LogP contribution in [0.4, 0.5) is 0 Å². The van der Waals surface area contributed by atoms with Gasteiger partial charge in [-0.3, -0.25) is 0 Å². The maximum absolute atomic E-state index is 5.81. The molecule has 1 atom stereocenters. The van der Waals surface area contributed by atoms with Crippen molar-refractivity contribution >= 4 is 15.9 Å². The zero-order chi connectivity index (χ0) is 15.0. The van der Waals surface area contributed by atoms with Gasteiger partial charge in [0.1, 0.15) is 5.75 Å². The summed E-state index contributed by atoms with van der Waals surface area (Å²) in [6, 6.07) is 20.9. The lowest BCUT2D eigenvalue weighted by molar-refractivity contribution is 0.283. The van der Waals surface area contributed by atoms with E-state index in [0.29, 0.717) is 0 Å². The molecule has 0 aliphatic rings. The van der Waals surface area contributed by atoms with Crippen LogP contribution in [0.2, 0.25) is 0 Å². The van der Waals surface area contributed by atoms with Crippen LogP contribution >= 0.6 is 15.9 Å². The Hall–Kier alpha value is -1.28. The summed E-state index contributed by atoms with van der Waals surface area (Å²) in [5.74, 6) is 0.957. The molecule has 0 bridgehead atoms. The molecule has 0 fully saturated rings. The van der Waals surface area contributed by atoms with Gasteiger partial charge in [-0.05, 0) is 37.0 Å². The van der Waals surface area contributed by atoms with Gasteiger partial charge in [0.15, 0.2) is 0 Å². The van der Waals surface area contributed by atoms with Crippen molar-refractivity contribution in [2.45, 2.75) is 31.6 Å². The number of para-hydroxylation sites is 1. The molecule has 0 heterocycles. The molecule has 2 aromatic rings. The first-order valence-electron chi connectivity index (χ1n) is 7.60. The van der Waals surface area contributed by atoms with Crippen LogP contribution in [0.15, 0.2) is 60.7 Å². The summed E-state index contributed by atoms with van der Waals surface area (Å²) in [5, 5.41) is 0.992. The predicted molar refractivity (Wildman–Crippen MR) is 93.4 cm³/mol. The molecule has 2 rings (SSSR count). The molecule has 0 N–H and O–H groups in total. The second-order valence-electron chi connectivity index (χ2n) is 5.40. The molecule has 21 heavy (non-hydrogen) atoms. The third-order valence-electron chi connectivity index (χ3n) is 4.13. The Labute approximate surface area is 136 Å². The predicted octanol–water partition coefficient (Wildman–Crippen LogP) is 5.59. The Kier molecular flexibility index (Phi) is 6.31. The van der Waals surface area contributed by atoms with Crippen LogP contribution in [-0.2, 0) is 5.41 Å². The fourth-order valence-corrected chi connectivity index (χ4v) is 3.67. The van der Waals surface area contributed by atoms with Crippen LogP contribution in [0.1, 0.15) is 31.7 Å². The molecule has 0 spiro atoms. The molecule has 0 radical (unpaired) electrons. The SMILES string of the molecule is CCC(CBr)(CCCOc1ccccc1)c1ccccc1. The fourth-order valence-electron chi connectivity index (χ4n) is 2.67. The molecule has 0 saturated heterocycles. The number of alkyl halides is 1. The van der Waals surface area contributed by atoms with Crippen molar-refractivity contribution in [1.29, 1.82) is 0 Å². The standard InChI is InChI=1S/C19H23BrO/c1-2-19(16-20,17-10-5-3-6-11-17)14-9-15-21-18-12-7-4-8-13-18/h3-8,10-13H,2,9,14-16H2,1H3. The number of halogens is 1. The molecule has 0 aromatic heterocycles. The monoisotopic (exact) mass is 346 g/mol. The maximum atomic E-state index is 5.81. The van der Waals surface area contributed by atoms with E-state index < -0.39 is 0 Å². The molecule has 0 aliphatic heterocycles. The van der Waals surface area contributed by atoms with Gasteiger partial charge in [-0.2, -0.15) is 0 Å². The molecule has 2 aromatic carbocycles. The average molecular weight is 347 g/mol. The number of benzene rings is 2. The molecular formula is C19H23BrO. The highest BCUT2D eigenvalue weighted by molar-refractivity contribution is 9.09. The molecule has 0 amide bonds. The van der Waals surface area contributed by atoms with Gasteiger partial charge in [0.25, 0.3) is 0 Å². The minimum atomic E-state index is 0.210. The first-order valence-corrected chi connectivity index (χ1v) is 8.72. The van der Waals surface area contributed by atoms with Crippen molar-refractivity contribution < 1.29 is 4.74 Å². The number of hydrogen-bond donors (Lipinski definition) is 0. The minimum Gasteiger partial charge on any atom is -0.494 e. The van der Waals surface area contributed by atoms with E-state index >= 15 is 0 Å². The van der Waals surface area contributed by atoms with Gasteiger partial charge in [-0.1, -0.05) is 71.4 Å². The highest BCUT2D eigenvalue weighted by Crippen LogP contribution is 2.34. The minimum absolute atomic E-state index is 0.210. The first kappa shape index (κ1) is 16.1. The van der Waals surface area contributed by atoms with Crippen molar-refractivity contribution in [3.63, 3.8) is 0 Å². The lowest BCUT2D eigenvalue weighted by Crippen LogP contribution is -2.28. The zero-order valence-corrected chi connectivity index (χ0v) is 14.2. The highest BCUT2D eigenvalue weighted by atomic mass is 79.9. The zero-order valence-electron chi connectivity index (χ0n) is 12.6. The smallest absolute Gasteiger partial charge is 0.119 e. The molecule has 2 heteroatoms. The third-order valence-corrected chi connectivity index (χ3v) is 5.20. The Morgan fingerprint density at radius 1 is 0.952 bits per heavy atom. The number of rotatable bonds is 8. The van der Waals surface area contributed by atoms with Crippen molar-refractivity contribution in [3.05, 3.63) is 66.2 Å². The van der Waals surface area contributed by atoms with E-state index in [1.807, 2.05) is 30.3 Å². The van der Waals surface area contributed by atoms with Gasteiger partial charge in [0.2, 0.25) is 0 Å². The molecular weight excluding hydrogens is 324 g/mol. The lowest BCUT2D eigenvalue weighted by atomic mass is 9.76. The van der Waals surface area contributed by atoms with Crippen LogP contribution < -0.4 is 4.74 Å². The van der Waals surface area contributed by atoms with Crippen LogP contribution in [-0.4, -0.2) is 11.9 Å². The van der Waals surface area contributed by atoms with E-state index in [1.165, 1.54) is 5.56 Å². The van der Waals surface area contributed by atoms with E-state index in [-0.39, 0.29) is 5.41 Å². The summed E-state index contributed by atoms with van der Waals surface area (Å²) < 4.78 is 5.81. The molecule has 0 aliphatic carbocycles. The molecule has 1 nitrogen and oxygen atoms in total. The van der Waals surface area contributed by atoms with Crippen molar-refractivity contribution in [2.24, 2.45) is 0 Å². The van der Waals surface area contributed by atoms with Crippen LogP contribution in [0.3, 0.4) is 0 Å². The molecule has 1 unspecified atom stereocenters. The van der Waals surface area contributed by atoms with Crippen LogP contribution in [0.25, 0.3) is 0 Å². The Balaban J connectivity index is 1.92. The fraction of sp³-hybridized carbons (Fsp3) is 0.368. The van der Waals surface area contributed by atoms with E-state index in [2.05, 4.69) is 53.2 Å². The summed E-state index contributed by atoms with van der Waals surface area (Å²) >= 11 is 3.73. The van der Waals surface area contributed by atoms with Crippen LogP contribution in [0, 0.1) is 0 Å². The van der Waals surface area contributed by atoms with Crippen molar-refractivity contribution in [3.8, 4) is 5.75 Å². The first-order chi connectivity index (χ1) is 10.3. The second-order valence-corrected chi connectivity index (χ2v) is 5.96. The van der Waals surface area contributed by atoms with Crippen molar-refractivity contribution in [1.82, 2.24) is 0 Å². The lowest BCUT2D eigenvalue weighted by Gasteiger charge is -2.31. The van der Waals surface area contributed by atoms with Gasteiger partial charge in [0.05, 0.1) is 6.61 Å². The van der Waals surface area contributed by atoms with E-state index in [9.17, 15) is 0 Å². The average Bonchev–Trinajstić information content (AvgIpc) is 2.57. The maximum Gasteiger partial charge on any atom is 0.119 e. The second kappa shape index (κ2) is 8.23. The summed E-state index contributed by atoms with van der Waals surface area (Å²) in [4.78, 5) is 0. The number of ether oxygens (including phenoxy) is 1. The molecule has 112 valence electrons. The largest absolute Gasteiger partial charge is 0.494 e. The number of hydrogen-bond acceptors (Lipinski definition) is 1. The Morgan fingerprint density at radius 2 is 1.57 bits per heavy atom. The van der Waals surface area contributed by atoms with Gasteiger partial charge >= 0.3 is 0 Å². The van der Waals surface area contributed by atoms with Gasteiger partial charge in [-0.15, -0.1) is 0 Å². The Morgan fingerprint density at radius 3 is 2.14 bits per heavy atom. The summed E-state index contributed by atoms with van der Waals surface area (Å²) in [6.45, 7) is 3.04. The van der Waals surface area contributed by atoms with Gasteiger partial charge in [-0.25, -0.2) is 0 Å². The normalized spacial score (nSPS) is 13.6. The quantitative estimate of drug-likeness (QED) is 0.447. The third kappa shape index (κ3) is 4.34. The topological polar surface area (TPSA) is 9.23 Å². The molecule has 0 saturated carbocycles. The van der Waals surface area contributed by atoms with E-state index in [1.54, 1.807) is 0 Å². The highest BCUT2D eigenvalue weighted by Gasteiger charge is 2.28. The van der Waals surface area contributed by atoms with E-state index in [0.717, 1.165) is 36.9 Å². The Bertz CT molecular complexity index is 506. The van der Waals surface area contributed by atoms with Crippen molar-refractivity contribution in [2.75, 3.05) is 11.9 Å². The van der Waals surface area contributed by atoms with E-state index in [4.69, 9.17) is 4.74 Å². The van der Waals surface area contributed by atoms with Crippen LogP contribution in [0.5, 0.6) is 5.75 Å². The summed E-state index contributed by atoms with van der Waals surface area (Å²) in [7, 11) is 0. The van der Waals surface area contributed by atoms with Gasteiger partial charge < -0.3 is 4.74 Å². The van der Waals surface area contributed by atoms with Gasteiger partial charge in [0, 0.05) is 10.7 Å². The summed E-state index contributed by atoms with van der Waals surface area (Å²) in [5.41, 5.74) is 1.63.